The van der Waals surface area contributed by atoms with Gasteiger partial charge in [0.25, 0.3) is 0 Å². The third-order valence-corrected chi connectivity index (χ3v) is 7.32. The van der Waals surface area contributed by atoms with Crippen LogP contribution in [-0.2, 0) is 14.4 Å². The molecule has 3 amide bonds. The van der Waals surface area contributed by atoms with Crippen molar-refractivity contribution in [2.75, 3.05) is 31.3 Å². The van der Waals surface area contributed by atoms with Gasteiger partial charge >= 0.3 is 0 Å². The molecule has 1 aromatic heterocycles. The van der Waals surface area contributed by atoms with Gasteiger partial charge in [-0.25, -0.2) is 9.97 Å². The summed E-state index contributed by atoms with van der Waals surface area (Å²) < 4.78 is 5.58. The fourth-order valence-corrected chi connectivity index (χ4v) is 4.84. The largest absolute Gasteiger partial charge is 0.494 e. The minimum Gasteiger partial charge on any atom is -0.494 e. The van der Waals surface area contributed by atoms with Crippen molar-refractivity contribution < 1.29 is 19.1 Å². The molecule has 0 unspecified atom stereocenters. The Balaban J connectivity index is 1.59. The van der Waals surface area contributed by atoms with Crippen molar-refractivity contribution in [3.05, 3.63) is 48.8 Å². The maximum absolute atomic E-state index is 13.8. The SMILES string of the molecule is CN[C@@H](C)C(=O)N[C@H](C(=O)N1CCC[C@H]1C(=O)Nc1cc2c(Nc3ccccc3)ncnc2cc1OC)C(C)(C)C. The minimum absolute atomic E-state index is 0.274. The minimum atomic E-state index is -0.793. The first-order valence-corrected chi connectivity index (χ1v) is 13.8. The molecular weight excluding hydrogens is 522 g/mol. The van der Waals surface area contributed by atoms with Crippen molar-refractivity contribution in [1.29, 1.82) is 0 Å². The van der Waals surface area contributed by atoms with Crippen molar-refractivity contribution in [2.45, 2.75) is 58.7 Å². The van der Waals surface area contributed by atoms with Gasteiger partial charge in [0.05, 0.1) is 24.4 Å². The first-order chi connectivity index (χ1) is 19.5. The summed E-state index contributed by atoms with van der Waals surface area (Å²) in [6.45, 7) is 7.85. The number of nitrogens with zero attached hydrogens (tertiary/aromatic N) is 3. The van der Waals surface area contributed by atoms with E-state index in [1.807, 2.05) is 51.1 Å². The average Bonchev–Trinajstić information content (AvgIpc) is 3.45. The van der Waals surface area contributed by atoms with E-state index in [-0.39, 0.29) is 17.7 Å². The smallest absolute Gasteiger partial charge is 0.247 e. The van der Waals surface area contributed by atoms with Gasteiger partial charge in [0.1, 0.15) is 30.0 Å². The highest BCUT2D eigenvalue weighted by atomic mass is 16.5. The number of benzene rings is 2. The zero-order valence-electron chi connectivity index (χ0n) is 24.4. The molecule has 0 aliphatic carbocycles. The fourth-order valence-electron chi connectivity index (χ4n) is 4.84. The number of methoxy groups -OCH3 is 1. The number of hydrogen-bond acceptors (Lipinski definition) is 8. The number of likely N-dealkylation sites (tertiary alicyclic amines) is 1. The van der Waals surface area contributed by atoms with E-state index in [4.69, 9.17) is 4.74 Å². The van der Waals surface area contributed by atoms with Crippen molar-refractivity contribution in [2.24, 2.45) is 5.41 Å². The molecular formula is C30H39N7O4. The molecule has 2 aromatic carbocycles. The Hall–Kier alpha value is -4.25. The van der Waals surface area contributed by atoms with Gasteiger partial charge in [-0.1, -0.05) is 39.0 Å². The second kappa shape index (κ2) is 12.5. The number of ether oxygens (including phenoxy) is 1. The Morgan fingerprint density at radius 1 is 1.10 bits per heavy atom. The fraction of sp³-hybridized carbons (Fsp3) is 0.433. The predicted octanol–water partition coefficient (Wildman–Crippen LogP) is 3.45. The van der Waals surface area contributed by atoms with Crippen molar-refractivity contribution in [3.8, 4) is 5.75 Å². The molecule has 2 heterocycles. The van der Waals surface area contributed by atoms with Crippen molar-refractivity contribution in [1.82, 2.24) is 25.5 Å². The number of likely N-dealkylation sites (N-methyl/N-ethyl adjacent to an activating group) is 1. The predicted molar refractivity (Wildman–Crippen MR) is 159 cm³/mol. The van der Waals surface area contributed by atoms with Crippen LogP contribution in [0.3, 0.4) is 0 Å². The molecule has 1 saturated heterocycles. The Bertz CT molecular complexity index is 1410. The van der Waals surface area contributed by atoms with Crippen LogP contribution < -0.4 is 26.0 Å². The van der Waals surface area contributed by atoms with Gasteiger partial charge < -0.3 is 30.9 Å². The van der Waals surface area contributed by atoms with Gasteiger partial charge in [-0.3, -0.25) is 14.4 Å². The van der Waals surface area contributed by atoms with Gasteiger partial charge in [0, 0.05) is 23.7 Å². The molecule has 41 heavy (non-hydrogen) atoms. The Kier molecular flexibility index (Phi) is 9.07. The van der Waals surface area contributed by atoms with E-state index in [0.717, 1.165) is 5.69 Å². The highest BCUT2D eigenvalue weighted by Crippen LogP contribution is 2.34. The number of carbonyl (C=O) groups excluding carboxylic acids is 3. The Labute approximate surface area is 240 Å². The summed E-state index contributed by atoms with van der Waals surface area (Å²) in [7, 11) is 3.21. The molecule has 4 rings (SSSR count). The number of fused-ring (bicyclic) bond motifs is 1. The number of nitrogens with one attached hydrogen (secondary N) is 4. The van der Waals surface area contributed by atoms with Crippen LogP contribution in [0.4, 0.5) is 17.2 Å². The Morgan fingerprint density at radius 3 is 2.49 bits per heavy atom. The lowest BCUT2D eigenvalue weighted by Crippen LogP contribution is -2.59. The Morgan fingerprint density at radius 2 is 1.83 bits per heavy atom. The van der Waals surface area contributed by atoms with E-state index in [0.29, 0.717) is 47.5 Å². The normalized spacial score (nSPS) is 16.6. The van der Waals surface area contributed by atoms with Crippen LogP contribution in [0.2, 0.25) is 0 Å². The maximum Gasteiger partial charge on any atom is 0.247 e. The molecule has 1 aliphatic rings. The number of aromatic nitrogens is 2. The number of rotatable bonds is 9. The van der Waals surface area contributed by atoms with E-state index in [2.05, 4.69) is 31.2 Å². The van der Waals surface area contributed by atoms with Crippen LogP contribution in [-0.4, -0.2) is 71.4 Å². The number of carbonyl (C=O) groups is 3. The summed E-state index contributed by atoms with van der Waals surface area (Å²) >= 11 is 0. The summed E-state index contributed by atoms with van der Waals surface area (Å²) in [4.78, 5) is 50.5. The molecule has 1 aliphatic heterocycles. The lowest BCUT2D eigenvalue weighted by atomic mass is 9.85. The molecule has 0 radical (unpaired) electrons. The lowest BCUT2D eigenvalue weighted by Gasteiger charge is -2.36. The molecule has 0 saturated carbocycles. The number of anilines is 3. The summed E-state index contributed by atoms with van der Waals surface area (Å²) in [5.41, 5.74) is 1.39. The molecule has 11 nitrogen and oxygen atoms in total. The van der Waals surface area contributed by atoms with Crippen LogP contribution in [0.5, 0.6) is 5.75 Å². The molecule has 0 bridgehead atoms. The summed E-state index contributed by atoms with van der Waals surface area (Å²) in [6.07, 6.45) is 2.65. The molecule has 11 heteroatoms. The highest BCUT2D eigenvalue weighted by Gasteiger charge is 2.42. The van der Waals surface area contributed by atoms with Crippen LogP contribution in [0, 0.1) is 5.41 Å². The van der Waals surface area contributed by atoms with Crippen LogP contribution in [0.25, 0.3) is 10.9 Å². The third-order valence-electron chi connectivity index (χ3n) is 7.32. The van der Waals surface area contributed by atoms with Crippen LogP contribution >= 0.6 is 0 Å². The maximum atomic E-state index is 13.8. The zero-order chi connectivity index (χ0) is 29.7. The van der Waals surface area contributed by atoms with E-state index >= 15 is 0 Å². The van der Waals surface area contributed by atoms with Gasteiger partial charge in [-0.2, -0.15) is 0 Å². The number of para-hydroxylation sites is 1. The van der Waals surface area contributed by atoms with Gasteiger partial charge in [-0.15, -0.1) is 0 Å². The van der Waals surface area contributed by atoms with E-state index < -0.39 is 23.5 Å². The van der Waals surface area contributed by atoms with E-state index in [1.54, 1.807) is 31.0 Å². The van der Waals surface area contributed by atoms with Gasteiger partial charge in [-0.05, 0) is 50.4 Å². The first kappa shape index (κ1) is 29.7. The van der Waals surface area contributed by atoms with E-state index in [9.17, 15) is 14.4 Å². The summed E-state index contributed by atoms with van der Waals surface area (Å²) in [5, 5.41) is 12.8. The molecule has 218 valence electrons. The summed E-state index contributed by atoms with van der Waals surface area (Å²) in [6, 6.07) is 11.2. The number of amides is 3. The topological polar surface area (TPSA) is 138 Å². The van der Waals surface area contributed by atoms with Crippen LogP contribution in [0.1, 0.15) is 40.5 Å². The second-order valence-electron chi connectivity index (χ2n) is 11.3. The molecule has 1 fully saturated rings. The zero-order valence-corrected chi connectivity index (χ0v) is 24.4. The lowest BCUT2D eigenvalue weighted by molar-refractivity contribution is -0.143. The quantitative estimate of drug-likeness (QED) is 0.312. The number of hydrogen-bond donors (Lipinski definition) is 4. The monoisotopic (exact) mass is 561 g/mol. The average molecular weight is 562 g/mol. The third kappa shape index (κ3) is 6.74. The van der Waals surface area contributed by atoms with Crippen molar-refractivity contribution >= 4 is 45.8 Å². The van der Waals surface area contributed by atoms with E-state index in [1.165, 1.54) is 13.4 Å². The van der Waals surface area contributed by atoms with Crippen molar-refractivity contribution in [3.63, 3.8) is 0 Å². The highest BCUT2D eigenvalue weighted by molar-refractivity contribution is 6.03. The van der Waals surface area contributed by atoms with Crippen LogP contribution in [0.15, 0.2) is 48.8 Å². The first-order valence-electron chi connectivity index (χ1n) is 13.8. The summed E-state index contributed by atoms with van der Waals surface area (Å²) in [5.74, 6) is 0.137. The van der Waals surface area contributed by atoms with Gasteiger partial charge in [0.2, 0.25) is 17.7 Å². The molecule has 3 atom stereocenters. The molecule has 4 N–H and O–H groups in total. The second-order valence-corrected chi connectivity index (χ2v) is 11.3. The standard InChI is InChI=1S/C30H39N7O4/c1-18(31-5)27(38)36-25(30(2,3)4)29(40)37-14-10-13-23(37)28(39)35-22-15-20-21(16-24(22)41-6)32-17-33-26(20)34-19-11-8-7-9-12-19/h7-9,11-12,15-18,23,25,31H,10,13-14H2,1-6H3,(H,35,39)(H,36,38)(H,32,33,34)/t18-,23-,25+/m0/s1. The molecule has 0 spiro atoms. The molecule has 3 aromatic rings. The van der Waals surface area contributed by atoms with Gasteiger partial charge in [0.15, 0.2) is 0 Å².